The second kappa shape index (κ2) is 7.20. The number of halogens is 1. The van der Waals surface area contributed by atoms with Crippen LogP contribution in [0.4, 0.5) is 0 Å². The molecule has 122 valence electrons. The number of rotatable bonds is 5. The van der Waals surface area contributed by atoms with Crippen molar-refractivity contribution >= 4 is 15.9 Å². The first-order valence-electron chi connectivity index (χ1n) is 8.10. The number of benzene rings is 1. The topological polar surface area (TPSA) is 33.7 Å². The second-order valence-corrected chi connectivity index (χ2v) is 6.95. The van der Waals surface area contributed by atoms with Crippen LogP contribution in [-0.4, -0.2) is 45.3 Å². The third-order valence-corrected chi connectivity index (χ3v) is 5.73. The lowest BCUT2D eigenvalue weighted by Crippen LogP contribution is -2.47. The molecule has 0 amide bonds. The van der Waals surface area contributed by atoms with E-state index in [4.69, 9.17) is 9.47 Å². The summed E-state index contributed by atoms with van der Waals surface area (Å²) in [5, 5.41) is 3.45. The van der Waals surface area contributed by atoms with Gasteiger partial charge in [-0.3, -0.25) is 4.90 Å². The average Bonchev–Trinajstić information content (AvgIpc) is 2.52. The van der Waals surface area contributed by atoms with Gasteiger partial charge >= 0.3 is 0 Å². The van der Waals surface area contributed by atoms with Crippen LogP contribution in [-0.2, 0) is 0 Å². The number of nitrogens with zero attached hydrogens (tertiary/aromatic N) is 1. The zero-order valence-corrected chi connectivity index (χ0v) is 15.0. The molecular formula is C17H25BrN2O2. The van der Waals surface area contributed by atoms with E-state index in [1.54, 1.807) is 14.2 Å². The highest BCUT2D eigenvalue weighted by Gasteiger charge is 2.34. The largest absolute Gasteiger partial charge is 0.495 e. The molecule has 1 aliphatic heterocycles. The van der Waals surface area contributed by atoms with E-state index in [0.29, 0.717) is 6.04 Å². The quantitative estimate of drug-likeness (QED) is 0.864. The highest BCUT2D eigenvalue weighted by atomic mass is 79.9. The van der Waals surface area contributed by atoms with Gasteiger partial charge in [-0.1, -0.05) is 6.42 Å². The summed E-state index contributed by atoms with van der Waals surface area (Å²) in [7, 11) is 3.43. The normalized spacial score (nSPS) is 21.2. The number of hydrogen-bond donors (Lipinski definition) is 1. The second-order valence-electron chi connectivity index (χ2n) is 6.16. The molecule has 5 heteroatoms. The summed E-state index contributed by atoms with van der Waals surface area (Å²) in [5.74, 6) is 2.47. The van der Waals surface area contributed by atoms with Gasteiger partial charge < -0.3 is 14.8 Å². The Hall–Kier alpha value is -0.780. The summed E-state index contributed by atoms with van der Waals surface area (Å²) in [6, 6.07) is 4.83. The van der Waals surface area contributed by atoms with E-state index in [2.05, 4.69) is 38.3 Å². The summed E-state index contributed by atoms with van der Waals surface area (Å²) in [6.45, 7) is 4.38. The van der Waals surface area contributed by atoms with Crippen LogP contribution in [0.3, 0.4) is 0 Å². The molecule has 0 bridgehead atoms. The lowest BCUT2D eigenvalue weighted by atomic mass is 9.76. The van der Waals surface area contributed by atoms with Crippen molar-refractivity contribution in [2.24, 2.45) is 5.92 Å². The van der Waals surface area contributed by atoms with E-state index >= 15 is 0 Å². The van der Waals surface area contributed by atoms with Crippen LogP contribution in [0.2, 0.25) is 0 Å². The van der Waals surface area contributed by atoms with E-state index in [1.807, 2.05) is 0 Å². The average molecular weight is 369 g/mol. The molecule has 0 radical (unpaired) electrons. The van der Waals surface area contributed by atoms with Crippen LogP contribution in [0, 0.1) is 5.92 Å². The number of hydrogen-bond acceptors (Lipinski definition) is 4. The van der Waals surface area contributed by atoms with Gasteiger partial charge in [-0.2, -0.15) is 0 Å². The molecule has 2 fully saturated rings. The maximum atomic E-state index is 5.54. The lowest BCUT2D eigenvalue weighted by Gasteiger charge is -2.43. The third kappa shape index (κ3) is 3.12. The maximum absolute atomic E-state index is 5.54. The Labute approximate surface area is 141 Å². The fraction of sp³-hybridized carbons (Fsp3) is 0.647. The van der Waals surface area contributed by atoms with Crippen LogP contribution >= 0.6 is 15.9 Å². The highest BCUT2D eigenvalue weighted by Crippen LogP contribution is 2.45. The number of ether oxygens (including phenoxy) is 2. The van der Waals surface area contributed by atoms with Gasteiger partial charge in [0.2, 0.25) is 0 Å². The maximum Gasteiger partial charge on any atom is 0.137 e. The van der Waals surface area contributed by atoms with E-state index in [9.17, 15) is 0 Å². The molecule has 1 aromatic rings. The molecule has 1 aromatic carbocycles. The Balaban J connectivity index is 1.95. The third-order valence-electron chi connectivity index (χ3n) is 4.95. The fourth-order valence-corrected chi connectivity index (χ4v) is 4.11. The predicted molar refractivity (Wildman–Crippen MR) is 91.8 cm³/mol. The minimum absolute atomic E-state index is 0.478. The fourth-order valence-electron chi connectivity index (χ4n) is 3.56. The Morgan fingerprint density at radius 3 is 2.18 bits per heavy atom. The van der Waals surface area contributed by atoms with Gasteiger partial charge in [0.05, 0.1) is 14.2 Å². The molecule has 1 saturated heterocycles. The van der Waals surface area contributed by atoms with Gasteiger partial charge in [0.15, 0.2) is 0 Å². The van der Waals surface area contributed by atoms with Gasteiger partial charge in [0.25, 0.3) is 0 Å². The van der Waals surface area contributed by atoms with Crippen molar-refractivity contribution in [3.05, 3.63) is 22.2 Å². The number of nitrogens with one attached hydrogen (secondary N) is 1. The van der Waals surface area contributed by atoms with Gasteiger partial charge in [-0.15, -0.1) is 0 Å². The number of methoxy groups -OCH3 is 2. The van der Waals surface area contributed by atoms with Gasteiger partial charge in [-0.05, 0) is 52.4 Å². The zero-order chi connectivity index (χ0) is 15.5. The van der Waals surface area contributed by atoms with E-state index in [1.165, 1.54) is 24.8 Å². The molecule has 4 nitrogen and oxygen atoms in total. The molecule has 1 heterocycles. The first kappa shape index (κ1) is 16.1. The zero-order valence-electron chi connectivity index (χ0n) is 13.4. The van der Waals surface area contributed by atoms with E-state index < -0.39 is 0 Å². The van der Waals surface area contributed by atoms with Crippen molar-refractivity contribution < 1.29 is 9.47 Å². The van der Waals surface area contributed by atoms with Gasteiger partial charge in [-0.25, -0.2) is 0 Å². The number of piperazine rings is 1. The molecular weight excluding hydrogens is 344 g/mol. The van der Waals surface area contributed by atoms with Crippen LogP contribution in [0.15, 0.2) is 16.6 Å². The standard InChI is InChI=1S/C17H25BrN2O2/c1-21-14-10-13(11-15(22-2)16(14)18)17(12-4-3-5-12)20-8-6-19-7-9-20/h10-12,17,19H,3-9H2,1-2H3/t17-/m1/s1. The van der Waals surface area contributed by atoms with Crippen LogP contribution < -0.4 is 14.8 Å². The minimum Gasteiger partial charge on any atom is -0.495 e. The highest BCUT2D eigenvalue weighted by molar-refractivity contribution is 9.10. The molecule has 1 saturated carbocycles. The minimum atomic E-state index is 0.478. The van der Waals surface area contributed by atoms with Gasteiger partial charge in [0.1, 0.15) is 16.0 Å². The van der Waals surface area contributed by atoms with Crippen LogP contribution in [0.5, 0.6) is 11.5 Å². The Kier molecular flexibility index (Phi) is 5.26. The first-order valence-corrected chi connectivity index (χ1v) is 8.90. The van der Waals surface area contributed by atoms with Crippen molar-refractivity contribution in [1.82, 2.24) is 10.2 Å². The Morgan fingerprint density at radius 1 is 1.14 bits per heavy atom. The van der Waals surface area contributed by atoms with Crippen LogP contribution in [0.25, 0.3) is 0 Å². The SMILES string of the molecule is COc1cc([C@@H](C2CCC2)N2CCNCC2)cc(OC)c1Br. The van der Waals surface area contributed by atoms with Crippen molar-refractivity contribution in [3.63, 3.8) is 0 Å². The first-order chi connectivity index (χ1) is 10.7. The molecule has 2 aliphatic rings. The van der Waals surface area contributed by atoms with Crippen molar-refractivity contribution in [3.8, 4) is 11.5 Å². The van der Waals surface area contributed by atoms with Gasteiger partial charge in [0, 0.05) is 32.2 Å². The summed E-state index contributed by atoms with van der Waals surface area (Å²) < 4.78 is 12.0. The van der Waals surface area contributed by atoms with E-state index in [-0.39, 0.29) is 0 Å². The summed E-state index contributed by atoms with van der Waals surface area (Å²) >= 11 is 3.58. The molecule has 3 rings (SSSR count). The monoisotopic (exact) mass is 368 g/mol. The molecule has 0 aromatic heterocycles. The van der Waals surface area contributed by atoms with Crippen molar-refractivity contribution in [2.75, 3.05) is 40.4 Å². The molecule has 1 N–H and O–H groups in total. The molecule has 1 atom stereocenters. The lowest BCUT2D eigenvalue weighted by molar-refractivity contribution is 0.0834. The van der Waals surface area contributed by atoms with Crippen molar-refractivity contribution in [2.45, 2.75) is 25.3 Å². The van der Waals surface area contributed by atoms with E-state index in [0.717, 1.165) is 48.1 Å². The van der Waals surface area contributed by atoms with Crippen LogP contribution in [0.1, 0.15) is 30.9 Å². The smallest absolute Gasteiger partial charge is 0.137 e. The molecule has 0 spiro atoms. The molecule has 22 heavy (non-hydrogen) atoms. The molecule has 0 unspecified atom stereocenters. The summed E-state index contributed by atoms with van der Waals surface area (Å²) in [5.41, 5.74) is 1.32. The summed E-state index contributed by atoms with van der Waals surface area (Å²) in [6.07, 6.45) is 4.02. The Bertz CT molecular complexity index is 488. The van der Waals surface area contributed by atoms with Crippen molar-refractivity contribution in [1.29, 1.82) is 0 Å². The predicted octanol–water partition coefficient (Wildman–Crippen LogP) is 3.21. The Morgan fingerprint density at radius 2 is 1.73 bits per heavy atom. The molecule has 1 aliphatic carbocycles. The summed E-state index contributed by atoms with van der Waals surface area (Å²) in [4.78, 5) is 2.63.